The smallest absolute Gasteiger partial charge is 0.461 e. The van der Waals surface area contributed by atoms with Crippen LogP contribution in [0.25, 0.3) is 22.3 Å². The van der Waals surface area contributed by atoms with Crippen LogP contribution in [0.2, 0.25) is 5.28 Å². The number of hydrogen-bond donors (Lipinski definition) is 0. The Kier molecular flexibility index (Phi) is 20.0. The average molecular weight is 1330 g/mol. The molecule has 0 aromatic carbocycles. The molecule has 0 amide bonds. The van der Waals surface area contributed by atoms with Crippen LogP contribution >= 0.6 is 11.6 Å². The number of aromatic nitrogens is 8. The largest absolute Gasteiger partial charge is 0.519 e. The van der Waals surface area contributed by atoms with Crippen LogP contribution in [0.3, 0.4) is 0 Å². The molecule has 10 heterocycles. The van der Waals surface area contributed by atoms with Crippen molar-refractivity contribution in [3.63, 3.8) is 0 Å². The summed E-state index contributed by atoms with van der Waals surface area (Å²) in [7, 11) is 0. The predicted octanol–water partition coefficient (Wildman–Crippen LogP) is 5.09. The van der Waals surface area contributed by atoms with Gasteiger partial charge >= 0.3 is 47.2 Å². The van der Waals surface area contributed by atoms with E-state index in [1.54, 1.807) is 69.2 Å². The van der Waals surface area contributed by atoms with Crippen molar-refractivity contribution in [1.82, 2.24) is 38.2 Å². The number of terminal acetylenes is 2. The highest BCUT2D eigenvalue weighted by atomic mass is 35.5. The molecule has 94 heavy (non-hydrogen) atoms. The van der Waals surface area contributed by atoms with Gasteiger partial charge in [-0.3, -0.25) is 47.4 Å². The molecule has 0 radical (unpaired) electrons. The Morgan fingerprint density at radius 3 is 1.28 bits per heavy atom. The van der Waals surface area contributed by atoms with Gasteiger partial charge in [0.1, 0.15) is 74.0 Å². The fraction of sp³-hybridized carbons (Fsp3) is 0.500. The number of hydrogen-bond acceptors (Lipinski definition) is 28. The van der Waals surface area contributed by atoms with E-state index in [2.05, 4.69) is 41.8 Å². The minimum Gasteiger partial charge on any atom is -0.461 e. The van der Waals surface area contributed by atoms with Gasteiger partial charge in [-0.25, -0.2) is 29.1 Å². The van der Waals surface area contributed by atoms with Gasteiger partial charge in [0.05, 0.1) is 49.4 Å². The van der Waals surface area contributed by atoms with E-state index >= 15 is 4.39 Å². The van der Waals surface area contributed by atoms with E-state index in [0.29, 0.717) is 0 Å². The number of ether oxygens (including phenoxy) is 6. The summed E-state index contributed by atoms with van der Waals surface area (Å²) in [6.45, 7) is 17.7. The number of carbonyl (C=O) groups excluding carboxylic acids is 4. The van der Waals surface area contributed by atoms with Gasteiger partial charge in [0.15, 0.2) is 56.3 Å². The fourth-order valence-electron chi connectivity index (χ4n) is 9.59. The highest BCUT2D eigenvalue weighted by molar-refractivity contribution is 6.28. The van der Waals surface area contributed by atoms with E-state index in [-0.39, 0.29) is 130 Å². The van der Waals surface area contributed by atoms with Crippen LogP contribution in [-0.4, -0.2) is 98.7 Å². The van der Waals surface area contributed by atoms with Crippen molar-refractivity contribution in [2.24, 2.45) is 33.7 Å². The number of halogens is 2. The first-order valence-electron chi connectivity index (χ1n) is 29.1. The maximum atomic E-state index is 15.9. The second-order valence-corrected chi connectivity index (χ2v) is 23.3. The number of nitrogens with zero attached hydrogens (tertiary/aromatic N) is 10. The Hall–Kier alpha value is -10.1. The third-order valence-corrected chi connectivity index (χ3v) is 15.2. The van der Waals surface area contributed by atoms with Gasteiger partial charge < -0.3 is 63.8 Å². The SMILES string of the molecule is C#C[C@]1(COC(=O)C(C)C)O[C@@H](n2cnc3c(=NCc4oc(=O)oc4C)n(Cc4oc(=O)oc4C)c(Cl)nc32)C[C@@H]1OC(=O)C(C)C.C#C[C@]1(COC(=O)C(C)C)O[C@@H](n2cnc3c(=NCc4oc(=O)oc4C)n(Cc4oc(=O)oc4C)c(F)nc32)C[C@@H]1OC(=O)C(C)C. The molecule has 0 aliphatic carbocycles. The number of imidazole rings is 2. The molecule has 0 N–H and O–H groups in total. The lowest BCUT2D eigenvalue weighted by atomic mass is 9.98. The fourth-order valence-corrected chi connectivity index (χ4v) is 9.81. The molecule has 8 aromatic heterocycles. The summed E-state index contributed by atoms with van der Waals surface area (Å²) in [5, 5.41) is -0.0959. The quantitative estimate of drug-likeness (QED) is 0.0415. The standard InChI is InChI=1S/C30H32ClN5O11.C30H32FN5O11/c2*1-8-30(12-41-25(37)14(2)3)20(46-26(38)15(4)5)9-21(47-30)36-13-33-22-23(32-10-18-16(6)42-28(39)44-18)35(27(31)34-24(22)36)11-19-17(7)43-29(40)45-19/h2*1,13-15,20-21H,9-12H2,2-7H3/t2*20-,21+,30+/m00/s1. The predicted molar refractivity (Wildman–Crippen MR) is 314 cm³/mol. The number of aryl methyl sites for hydroxylation is 4. The molecule has 34 heteroatoms. The topological polar surface area (TPSA) is 393 Å². The Bertz CT molecular complexity index is 4400. The lowest BCUT2D eigenvalue weighted by molar-refractivity contribution is -0.171. The summed E-state index contributed by atoms with van der Waals surface area (Å²) in [5.74, 6) is -1.50. The summed E-state index contributed by atoms with van der Waals surface area (Å²) < 4.78 is 96.4. The van der Waals surface area contributed by atoms with Gasteiger partial charge in [-0.05, 0) is 39.3 Å². The second kappa shape index (κ2) is 27.6. The summed E-state index contributed by atoms with van der Waals surface area (Å²) >= 11 is 6.71. The van der Waals surface area contributed by atoms with Gasteiger partial charge in [0.25, 0.3) is 6.08 Å². The second-order valence-electron chi connectivity index (χ2n) is 23.0. The molecule has 0 bridgehead atoms. The van der Waals surface area contributed by atoms with Crippen LogP contribution in [0, 0.1) is 82.1 Å². The van der Waals surface area contributed by atoms with Gasteiger partial charge in [0.2, 0.25) is 16.5 Å². The summed E-state index contributed by atoms with van der Waals surface area (Å²) in [6, 6.07) is 0. The zero-order chi connectivity index (χ0) is 68.4. The molecule has 0 spiro atoms. The first-order chi connectivity index (χ1) is 44.4. The van der Waals surface area contributed by atoms with Gasteiger partial charge in [0, 0.05) is 12.8 Å². The summed E-state index contributed by atoms with van der Waals surface area (Å²) in [5.41, 5.74) is -2.77. The van der Waals surface area contributed by atoms with E-state index in [4.69, 9.17) is 88.2 Å². The van der Waals surface area contributed by atoms with Crippen molar-refractivity contribution >= 4 is 57.8 Å². The summed E-state index contributed by atoms with van der Waals surface area (Å²) in [6.07, 6.45) is 9.55. The van der Waals surface area contributed by atoms with E-state index in [9.17, 15) is 38.4 Å². The van der Waals surface area contributed by atoms with E-state index in [0.717, 1.165) is 4.57 Å². The van der Waals surface area contributed by atoms with Gasteiger partial charge in [-0.2, -0.15) is 14.4 Å². The first kappa shape index (κ1) is 68.3. The highest BCUT2D eigenvalue weighted by Gasteiger charge is 2.54. The number of rotatable bonds is 20. The molecular weight excluding hydrogens is 1270 g/mol. The Morgan fingerprint density at radius 1 is 0.574 bits per heavy atom. The molecule has 10 rings (SSSR count). The first-order valence-corrected chi connectivity index (χ1v) is 29.5. The van der Waals surface area contributed by atoms with Crippen molar-refractivity contribution in [2.45, 2.75) is 158 Å². The molecule has 8 aromatic rings. The normalized spacial score (nSPS) is 20.0. The Balaban J connectivity index is 0.000000221. The number of fused-ring (bicyclic) bond motifs is 2. The third-order valence-electron chi connectivity index (χ3n) is 14.9. The van der Waals surface area contributed by atoms with E-state index in [1.165, 1.54) is 40.2 Å². The van der Waals surface area contributed by atoms with Crippen LogP contribution in [0.4, 0.5) is 4.39 Å². The van der Waals surface area contributed by atoms with Crippen molar-refractivity contribution in [3.05, 3.63) is 124 Å². The van der Waals surface area contributed by atoms with Crippen molar-refractivity contribution in [2.75, 3.05) is 13.2 Å². The average Bonchev–Trinajstić information content (AvgIpc) is 1.58. The van der Waals surface area contributed by atoms with Gasteiger partial charge in [-0.1, -0.05) is 67.2 Å². The maximum absolute atomic E-state index is 15.9. The number of carbonyl (C=O) groups is 4. The zero-order valence-electron chi connectivity index (χ0n) is 52.8. The third kappa shape index (κ3) is 14.2. The molecular formula is C60H64ClFN10O22. The zero-order valence-corrected chi connectivity index (χ0v) is 53.6. The van der Waals surface area contributed by atoms with E-state index < -0.39 is 119 Å². The monoisotopic (exact) mass is 1330 g/mol. The summed E-state index contributed by atoms with van der Waals surface area (Å²) in [4.78, 5) is 123. The van der Waals surface area contributed by atoms with Crippen LogP contribution in [0.15, 0.2) is 77.2 Å². The lowest BCUT2D eigenvalue weighted by Gasteiger charge is -2.29. The Morgan fingerprint density at radius 2 is 0.926 bits per heavy atom. The number of esters is 4. The van der Waals surface area contributed by atoms with Crippen molar-refractivity contribution in [3.8, 4) is 24.7 Å². The molecule has 2 aliphatic rings. The highest BCUT2D eigenvalue weighted by Crippen LogP contribution is 2.42. The van der Waals surface area contributed by atoms with Gasteiger partial charge in [-0.15, -0.1) is 12.8 Å². The van der Waals surface area contributed by atoms with Crippen molar-refractivity contribution in [1.29, 1.82) is 0 Å². The molecule has 2 fully saturated rings. The molecule has 32 nitrogen and oxygen atoms in total. The minimum atomic E-state index is -1.69. The van der Waals surface area contributed by atoms with Crippen LogP contribution in [-0.2, 0) is 73.8 Å². The molecule has 0 unspecified atom stereocenters. The maximum Gasteiger partial charge on any atom is 0.519 e. The molecule has 2 saturated heterocycles. The minimum absolute atomic E-state index is 0.00522. The molecule has 500 valence electrons. The molecule has 2 aliphatic heterocycles. The van der Waals surface area contributed by atoms with Crippen LogP contribution in [0.1, 0.15) is 127 Å². The van der Waals surface area contributed by atoms with Crippen LogP contribution in [0.5, 0.6) is 0 Å². The van der Waals surface area contributed by atoms with E-state index in [1.807, 2.05) is 0 Å². The molecule has 0 saturated carbocycles. The Labute approximate surface area is 534 Å². The lowest BCUT2D eigenvalue weighted by Crippen LogP contribution is -2.46. The molecule has 6 atom stereocenters. The van der Waals surface area contributed by atoms with Crippen LogP contribution < -0.4 is 34.3 Å². The van der Waals surface area contributed by atoms with Crippen molar-refractivity contribution < 1.29 is 87.3 Å².